The second-order valence-corrected chi connectivity index (χ2v) is 6.78. The summed E-state index contributed by atoms with van der Waals surface area (Å²) in [5.74, 6) is 1.46. The van der Waals surface area contributed by atoms with Crippen LogP contribution in [-0.2, 0) is 20.8 Å². The van der Waals surface area contributed by atoms with Gasteiger partial charge in [-0.05, 0) is 37.5 Å². The third kappa shape index (κ3) is 7.03. The molecule has 0 aliphatic carbocycles. The largest absolute Gasteiger partial charge is 0.493 e. The fourth-order valence-electron chi connectivity index (χ4n) is 3.27. The van der Waals surface area contributed by atoms with Gasteiger partial charge in [-0.2, -0.15) is 0 Å². The maximum atomic E-state index is 12.1. The summed E-state index contributed by atoms with van der Waals surface area (Å²) in [5, 5.41) is 3.40. The number of benzene rings is 1. The summed E-state index contributed by atoms with van der Waals surface area (Å²) in [6, 6.07) is 8.04. The number of carbonyl (C=O) groups excluding carboxylic acids is 1. The fourth-order valence-corrected chi connectivity index (χ4v) is 3.27. The van der Waals surface area contributed by atoms with Gasteiger partial charge in [0, 0.05) is 46.8 Å². The fraction of sp³-hybridized carbons (Fsp3) is 0.619. The van der Waals surface area contributed by atoms with Crippen molar-refractivity contribution in [3.05, 3.63) is 29.8 Å². The van der Waals surface area contributed by atoms with E-state index < -0.39 is 0 Å². The Hall–Kier alpha value is -2.28. The van der Waals surface area contributed by atoms with Crippen molar-refractivity contribution in [3.8, 4) is 5.75 Å². The topological polar surface area (TPSA) is 72.4 Å². The van der Waals surface area contributed by atoms with Crippen molar-refractivity contribution in [3.63, 3.8) is 0 Å². The Kier molecular flexibility index (Phi) is 9.62. The lowest BCUT2D eigenvalue weighted by atomic mass is 9.98. The molecule has 156 valence electrons. The number of hydrogen-bond donors (Lipinski definition) is 1. The molecule has 0 spiro atoms. The van der Waals surface area contributed by atoms with E-state index in [-0.39, 0.29) is 11.9 Å². The number of nitrogens with zero attached hydrogens (tertiary/aromatic N) is 2. The number of carbonyl (C=O) groups is 1. The Labute approximate surface area is 168 Å². The van der Waals surface area contributed by atoms with Crippen molar-refractivity contribution in [1.29, 1.82) is 0 Å². The Bertz CT molecular complexity index is 636. The Balaban J connectivity index is 1.87. The van der Waals surface area contributed by atoms with Crippen LogP contribution in [0, 0.1) is 5.92 Å². The molecule has 1 saturated heterocycles. The van der Waals surface area contributed by atoms with E-state index in [1.807, 2.05) is 25.1 Å². The molecule has 1 aliphatic heterocycles. The van der Waals surface area contributed by atoms with E-state index in [2.05, 4.69) is 21.3 Å². The molecule has 1 unspecified atom stereocenters. The predicted octanol–water partition coefficient (Wildman–Crippen LogP) is 2.45. The minimum Gasteiger partial charge on any atom is -0.493 e. The van der Waals surface area contributed by atoms with Gasteiger partial charge in [-0.15, -0.1) is 0 Å². The molecule has 0 bridgehead atoms. The lowest BCUT2D eigenvalue weighted by Gasteiger charge is -2.34. The number of ether oxygens (including phenoxy) is 3. The molecule has 1 N–H and O–H groups in total. The Morgan fingerprint density at radius 3 is 2.96 bits per heavy atom. The molecule has 7 nitrogen and oxygen atoms in total. The number of guanidine groups is 1. The van der Waals surface area contributed by atoms with E-state index in [4.69, 9.17) is 14.2 Å². The number of esters is 1. The van der Waals surface area contributed by atoms with Crippen LogP contribution in [-0.4, -0.2) is 63.9 Å². The third-order valence-electron chi connectivity index (χ3n) is 4.66. The van der Waals surface area contributed by atoms with Crippen LogP contribution < -0.4 is 10.1 Å². The minimum atomic E-state index is -0.110. The van der Waals surface area contributed by atoms with Crippen molar-refractivity contribution in [1.82, 2.24) is 10.2 Å². The van der Waals surface area contributed by atoms with E-state index in [0.29, 0.717) is 32.9 Å². The van der Waals surface area contributed by atoms with E-state index in [9.17, 15) is 4.79 Å². The second kappa shape index (κ2) is 12.2. The zero-order valence-corrected chi connectivity index (χ0v) is 17.3. The van der Waals surface area contributed by atoms with E-state index in [1.165, 1.54) is 0 Å². The quantitative estimate of drug-likeness (QED) is 0.302. The summed E-state index contributed by atoms with van der Waals surface area (Å²) in [6.45, 7) is 5.76. The molecule has 0 radical (unpaired) electrons. The van der Waals surface area contributed by atoms with Gasteiger partial charge < -0.3 is 24.4 Å². The molecule has 2 rings (SSSR count). The third-order valence-corrected chi connectivity index (χ3v) is 4.66. The highest BCUT2D eigenvalue weighted by molar-refractivity contribution is 5.81. The van der Waals surface area contributed by atoms with Gasteiger partial charge >= 0.3 is 5.97 Å². The summed E-state index contributed by atoms with van der Waals surface area (Å²) in [4.78, 5) is 18.6. The minimum absolute atomic E-state index is 0.0870. The van der Waals surface area contributed by atoms with Crippen molar-refractivity contribution in [2.24, 2.45) is 10.9 Å². The van der Waals surface area contributed by atoms with Gasteiger partial charge in [-0.25, -0.2) is 0 Å². The molecular weight excluding hydrogens is 358 g/mol. The maximum absolute atomic E-state index is 12.1. The highest BCUT2D eigenvalue weighted by atomic mass is 16.5. The van der Waals surface area contributed by atoms with Crippen LogP contribution in [0.1, 0.15) is 31.7 Å². The summed E-state index contributed by atoms with van der Waals surface area (Å²) < 4.78 is 16.0. The molecule has 1 aromatic carbocycles. The zero-order chi connectivity index (χ0) is 20.2. The highest BCUT2D eigenvalue weighted by Gasteiger charge is 2.28. The lowest BCUT2D eigenvalue weighted by Crippen LogP contribution is -2.48. The van der Waals surface area contributed by atoms with Gasteiger partial charge in [0.05, 0.1) is 19.1 Å². The summed E-state index contributed by atoms with van der Waals surface area (Å²) in [7, 11) is 3.46. The number of rotatable bonds is 9. The number of piperidine rings is 1. The van der Waals surface area contributed by atoms with E-state index in [1.54, 1.807) is 14.2 Å². The SMILES string of the molecule is CCOC(=O)C1CCCN(C(=NC)NCc2cccc(OCCCOC)c2)C1. The van der Waals surface area contributed by atoms with Crippen LogP contribution in [0.25, 0.3) is 0 Å². The van der Waals surface area contributed by atoms with E-state index in [0.717, 1.165) is 43.1 Å². The van der Waals surface area contributed by atoms with Crippen LogP contribution in [0.15, 0.2) is 29.3 Å². The molecule has 1 heterocycles. The van der Waals surface area contributed by atoms with Crippen molar-refractivity contribution in [2.75, 3.05) is 47.1 Å². The Morgan fingerprint density at radius 1 is 1.36 bits per heavy atom. The molecule has 0 amide bonds. The highest BCUT2D eigenvalue weighted by Crippen LogP contribution is 2.18. The molecule has 0 aromatic heterocycles. The molecule has 7 heteroatoms. The van der Waals surface area contributed by atoms with Crippen LogP contribution in [0.5, 0.6) is 5.75 Å². The maximum Gasteiger partial charge on any atom is 0.310 e. The van der Waals surface area contributed by atoms with Crippen LogP contribution >= 0.6 is 0 Å². The monoisotopic (exact) mass is 391 g/mol. The average molecular weight is 392 g/mol. The van der Waals surface area contributed by atoms with Crippen molar-refractivity contribution >= 4 is 11.9 Å². The first-order chi connectivity index (χ1) is 13.7. The Morgan fingerprint density at radius 2 is 2.21 bits per heavy atom. The second-order valence-electron chi connectivity index (χ2n) is 6.78. The summed E-state index contributed by atoms with van der Waals surface area (Å²) in [5.41, 5.74) is 1.12. The average Bonchev–Trinajstić information content (AvgIpc) is 2.72. The summed E-state index contributed by atoms with van der Waals surface area (Å²) in [6.07, 6.45) is 2.69. The van der Waals surface area contributed by atoms with Crippen molar-refractivity contribution in [2.45, 2.75) is 32.7 Å². The molecule has 1 atom stereocenters. The summed E-state index contributed by atoms with van der Waals surface area (Å²) >= 11 is 0. The standard InChI is InChI=1S/C21H33N3O4/c1-4-27-20(25)18-9-6-11-24(16-18)21(22-2)23-15-17-8-5-10-19(14-17)28-13-7-12-26-3/h5,8,10,14,18H,4,6-7,9,11-13,15-16H2,1-3H3,(H,22,23). The van der Waals surface area contributed by atoms with Crippen LogP contribution in [0.4, 0.5) is 0 Å². The molecule has 28 heavy (non-hydrogen) atoms. The molecule has 0 saturated carbocycles. The van der Waals surface area contributed by atoms with Gasteiger partial charge in [-0.1, -0.05) is 12.1 Å². The van der Waals surface area contributed by atoms with Gasteiger partial charge in [0.2, 0.25) is 0 Å². The number of methoxy groups -OCH3 is 1. The van der Waals surface area contributed by atoms with Crippen LogP contribution in [0.3, 0.4) is 0 Å². The number of likely N-dealkylation sites (tertiary alicyclic amines) is 1. The van der Waals surface area contributed by atoms with Gasteiger partial charge in [-0.3, -0.25) is 9.79 Å². The molecule has 1 aliphatic rings. The van der Waals surface area contributed by atoms with Crippen LogP contribution in [0.2, 0.25) is 0 Å². The number of aliphatic imine (C=N–C) groups is 1. The number of nitrogens with one attached hydrogen (secondary N) is 1. The zero-order valence-electron chi connectivity index (χ0n) is 17.3. The molecule has 1 aromatic rings. The van der Waals surface area contributed by atoms with Gasteiger partial charge in [0.1, 0.15) is 5.75 Å². The smallest absolute Gasteiger partial charge is 0.310 e. The van der Waals surface area contributed by atoms with Gasteiger partial charge in [0.25, 0.3) is 0 Å². The predicted molar refractivity (Wildman–Crippen MR) is 110 cm³/mol. The first kappa shape index (κ1) is 22.0. The van der Waals surface area contributed by atoms with Crippen molar-refractivity contribution < 1.29 is 19.0 Å². The molecular formula is C21H33N3O4. The number of hydrogen-bond acceptors (Lipinski definition) is 5. The van der Waals surface area contributed by atoms with Gasteiger partial charge in [0.15, 0.2) is 5.96 Å². The molecule has 1 fully saturated rings. The van der Waals surface area contributed by atoms with E-state index >= 15 is 0 Å². The lowest BCUT2D eigenvalue weighted by molar-refractivity contribution is -0.149. The first-order valence-corrected chi connectivity index (χ1v) is 10.0. The first-order valence-electron chi connectivity index (χ1n) is 10.0. The normalized spacial score (nSPS) is 17.3.